The maximum Gasteiger partial charge on any atom is 0.255 e. The average molecular weight is 304 g/mol. The molecule has 1 heterocycles. The van der Waals surface area contributed by atoms with Crippen molar-refractivity contribution < 1.29 is 8.42 Å². The van der Waals surface area contributed by atoms with Crippen LogP contribution in [0.1, 0.15) is 26.3 Å². The molecule has 2 aromatic rings. The summed E-state index contributed by atoms with van der Waals surface area (Å²) in [4.78, 5) is 4.01. The highest BCUT2D eigenvalue weighted by molar-refractivity contribution is 7.89. The van der Waals surface area contributed by atoms with Crippen LogP contribution in [0.15, 0.2) is 47.6 Å². The Kier molecular flexibility index (Phi) is 4.16. The molecule has 0 aliphatic heterocycles. The van der Waals surface area contributed by atoms with Gasteiger partial charge in [0.05, 0.1) is 0 Å². The van der Waals surface area contributed by atoms with Crippen molar-refractivity contribution in [3.63, 3.8) is 0 Å². The number of hydrogen-bond acceptors (Lipinski definition) is 3. The van der Waals surface area contributed by atoms with Crippen LogP contribution >= 0.6 is 0 Å². The van der Waals surface area contributed by atoms with Gasteiger partial charge in [-0.3, -0.25) is 0 Å². The van der Waals surface area contributed by atoms with Gasteiger partial charge in [-0.05, 0) is 34.6 Å². The highest BCUT2D eigenvalue weighted by Crippen LogP contribution is 2.32. The molecule has 0 unspecified atom stereocenters. The smallest absolute Gasteiger partial charge is 0.243 e. The quantitative estimate of drug-likeness (QED) is 0.947. The van der Waals surface area contributed by atoms with Gasteiger partial charge in [-0.1, -0.05) is 51.1 Å². The molecule has 2 N–H and O–H groups in total. The Labute approximate surface area is 126 Å². The number of pyridine rings is 1. The molecule has 0 fully saturated rings. The SMILES string of the molecule is CC(C)(C)Cc1c(-c2ccccc2)ccnc1S(N)(=O)=O. The molecular formula is C16H20N2O2S. The van der Waals surface area contributed by atoms with Crippen molar-refractivity contribution in [3.05, 3.63) is 48.2 Å². The van der Waals surface area contributed by atoms with Gasteiger partial charge >= 0.3 is 0 Å². The molecule has 1 aromatic carbocycles. The maximum absolute atomic E-state index is 11.8. The molecule has 2 rings (SSSR count). The molecule has 0 aliphatic rings. The number of aromatic nitrogens is 1. The number of nitrogens with two attached hydrogens (primary N) is 1. The van der Waals surface area contributed by atoms with Crippen molar-refractivity contribution in [2.24, 2.45) is 10.6 Å². The predicted octanol–water partition coefficient (Wildman–Crippen LogP) is 2.98. The lowest BCUT2D eigenvalue weighted by atomic mass is 9.85. The molecule has 5 heteroatoms. The van der Waals surface area contributed by atoms with Gasteiger partial charge in [-0.15, -0.1) is 0 Å². The summed E-state index contributed by atoms with van der Waals surface area (Å²) in [6.45, 7) is 6.17. The molecule has 0 saturated heterocycles. The van der Waals surface area contributed by atoms with Crippen LogP contribution in [-0.2, 0) is 16.4 Å². The number of nitrogens with zero attached hydrogens (tertiary/aromatic N) is 1. The summed E-state index contributed by atoms with van der Waals surface area (Å²) in [6.07, 6.45) is 2.07. The summed E-state index contributed by atoms with van der Waals surface area (Å²) in [5.74, 6) is 0. The lowest BCUT2D eigenvalue weighted by Crippen LogP contribution is -2.20. The first-order valence-corrected chi connectivity index (χ1v) is 8.29. The van der Waals surface area contributed by atoms with E-state index in [1.165, 1.54) is 6.20 Å². The van der Waals surface area contributed by atoms with Crippen LogP contribution in [0.3, 0.4) is 0 Å². The topological polar surface area (TPSA) is 73.0 Å². The van der Waals surface area contributed by atoms with E-state index in [1.54, 1.807) is 0 Å². The van der Waals surface area contributed by atoms with Gasteiger partial charge in [0.25, 0.3) is 10.0 Å². The fourth-order valence-corrected chi connectivity index (χ4v) is 3.04. The predicted molar refractivity (Wildman–Crippen MR) is 84.2 cm³/mol. The number of rotatable bonds is 3. The second-order valence-corrected chi connectivity index (χ2v) is 7.77. The van der Waals surface area contributed by atoms with Gasteiger partial charge in [-0.2, -0.15) is 0 Å². The number of hydrogen-bond donors (Lipinski definition) is 1. The third-order valence-electron chi connectivity index (χ3n) is 3.08. The molecule has 0 bridgehead atoms. The minimum absolute atomic E-state index is 0.0289. The third kappa shape index (κ3) is 3.89. The monoisotopic (exact) mass is 304 g/mol. The van der Waals surface area contributed by atoms with Crippen LogP contribution in [0.25, 0.3) is 11.1 Å². The Bertz CT molecular complexity index is 733. The molecule has 1 aromatic heterocycles. The largest absolute Gasteiger partial charge is 0.255 e. The van der Waals surface area contributed by atoms with Crippen molar-refractivity contribution >= 4 is 10.0 Å². The van der Waals surface area contributed by atoms with Crippen LogP contribution in [0.4, 0.5) is 0 Å². The molecule has 0 radical (unpaired) electrons. The average Bonchev–Trinajstić information content (AvgIpc) is 2.37. The summed E-state index contributed by atoms with van der Waals surface area (Å²) >= 11 is 0. The molecule has 4 nitrogen and oxygen atoms in total. The van der Waals surface area contributed by atoms with Gasteiger partial charge in [-0.25, -0.2) is 18.5 Å². The van der Waals surface area contributed by atoms with Crippen LogP contribution in [0.5, 0.6) is 0 Å². The van der Waals surface area contributed by atoms with Crippen LogP contribution in [-0.4, -0.2) is 13.4 Å². The Morgan fingerprint density at radius 3 is 2.24 bits per heavy atom. The van der Waals surface area contributed by atoms with E-state index in [1.807, 2.05) is 36.4 Å². The molecule has 0 aliphatic carbocycles. The summed E-state index contributed by atoms with van der Waals surface area (Å²) in [5, 5.41) is 5.30. The molecule has 21 heavy (non-hydrogen) atoms. The van der Waals surface area contributed by atoms with Crippen molar-refractivity contribution in [2.75, 3.05) is 0 Å². The minimum atomic E-state index is -3.85. The first kappa shape index (κ1) is 15.7. The van der Waals surface area contributed by atoms with E-state index in [2.05, 4.69) is 25.8 Å². The van der Waals surface area contributed by atoms with Gasteiger partial charge in [0, 0.05) is 6.20 Å². The molecule has 0 atom stereocenters. The van der Waals surface area contributed by atoms with E-state index in [0.717, 1.165) is 11.1 Å². The Hall–Kier alpha value is -1.72. The molecular weight excluding hydrogens is 284 g/mol. The Morgan fingerprint density at radius 1 is 1.10 bits per heavy atom. The maximum atomic E-state index is 11.8. The first-order chi connectivity index (χ1) is 9.68. The fourth-order valence-electron chi connectivity index (χ4n) is 2.31. The van der Waals surface area contributed by atoms with E-state index in [-0.39, 0.29) is 10.4 Å². The van der Waals surface area contributed by atoms with Gasteiger partial charge in [0.2, 0.25) is 0 Å². The summed E-state index contributed by atoms with van der Waals surface area (Å²) < 4.78 is 23.7. The minimum Gasteiger partial charge on any atom is -0.243 e. The first-order valence-electron chi connectivity index (χ1n) is 6.74. The Balaban J connectivity index is 2.71. The molecule has 112 valence electrons. The van der Waals surface area contributed by atoms with Gasteiger partial charge in [0.1, 0.15) is 0 Å². The van der Waals surface area contributed by atoms with E-state index >= 15 is 0 Å². The Morgan fingerprint density at radius 2 is 1.71 bits per heavy atom. The van der Waals surface area contributed by atoms with Gasteiger partial charge in [0.15, 0.2) is 5.03 Å². The second-order valence-electron chi connectivity index (χ2n) is 6.29. The second kappa shape index (κ2) is 5.58. The van der Waals surface area contributed by atoms with E-state index in [0.29, 0.717) is 12.0 Å². The van der Waals surface area contributed by atoms with Crippen molar-refractivity contribution in [2.45, 2.75) is 32.2 Å². The third-order valence-corrected chi connectivity index (χ3v) is 3.97. The molecule has 0 saturated carbocycles. The zero-order chi connectivity index (χ0) is 15.7. The lowest BCUT2D eigenvalue weighted by Gasteiger charge is -2.22. The van der Waals surface area contributed by atoms with E-state index < -0.39 is 10.0 Å². The zero-order valence-electron chi connectivity index (χ0n) is 12.5. The number of sulfonamides is 1. The van der Waals surface area contributed by atoms with Crippen molar-refractivity contribution in [3.8, 4) is 11.1 Å². The van der Waals surface area contributed by atoms with Crippen LogP contribution in [0, 0.1) is 5.41 Å². The molecule has 0 amide bonds. The molecule has 0 spiro atoms. The van der Waals surface area contributed by atoms with Crippen molar-refractivity contribution in [1.29, 1.82) is 0 Å². The highest BCUT2D eigenvalue weighted by atomic mass is 32.2. The number of benzene rings is 1. The van der Waals surface area contributed by atoms with Crippen LogP contribution in [0.2, 0.25) is 0 Å². The van der Waals surface area contributed by atoms with E-state index in [9.17, 15) is 8.42 Å². The highest BCUT2D eigenvalue weighted by Gasteiger charge is 2.23. The summed E-state index contributed by atoms with van der Waals surface area (Å²) in [7, 11) is -3.85. The van der Waals surface area contributed by atoms with E-state index in [4.69, 9.17) is 5.14 Å². The zero-order valence-corrected chi connectivity index (χ0v) is 13.3. The normalized spacial score (nSPS) is 12.4. The summed E-state index contributed by atoms with van der Waals surface area (Å²) in [5.41, 5.74) is 2.43. The van der Waals surface area contributed by atoms with Crippen molar-refractivity contribution in [1.82, 2.24) is 4.98 Å². The van der Waals surface area contributed by atoms with Crippen LogP contribution < -0.4 is 5.14 Å². The summed E-state index contributed by atoms with van der Waals surface area (Å²) in [6, 6.07) is 11.5. The lowest BCUT2D eigenvalue weighted by molar-refractivity contribution is 0.407. The fraction of sp³-hybridized carbons (Fsp3) is 0.312. The standard InChI is InChI=1S/C16H20N2O2S/c1-16(2,3)11-14-13(12-7-5-4-6-8-12)9-10-18-15(14)21(17,19)20/h4-10H,11H2,1-3H3,(H2,17,19,20). The van der Waals surface area contributed by atoms with Gasteiger partial charge < -0.3 is 0 Å². The number of primary sulfonamides is 1.